The van der Waals surface area contributed by atoms with E-state index < -0.39 is 0 Å². The fraction of sp³-hybridized carbons (Fsp3) is 0.727. The summed E-state index contributed by atoms with van der Waals surface area (Å²) in [7, 11) is 0. The molecule has 1 atom stereocenters. The van der Waals surface area contributed by atoms with Gasteiger partial charge in [-0.25, -0.2) is 0 Å². The molecular weight excluding hydrogens is 176 g/mol. The third kappa shape index (κ3) is 2.84. The molecule has 1 N–H and O–H groups in total. The quantitative estimate of drug-likeness (QED) is 0.681. The molecular formula is C11H20N2O. The van der Waals surface area contributed by atoms with Crippen molar-refractivity contribution >= 4 is 5.91 Å². The van der Waals surface area contributed by atoms with E-state index in [2.05, 4.69) is 11.9 Å². The van der Waals surface area contributed by atoms with Gasteiger partial charge in [0.2, 0.25) is 5.91 Å². The van der Waals surface area contributed by atoms with Gasteiger partial charge in [0.1, 0.15) is 0 Å². The minimum atomic E-state index is 0.184. The Balaban J connectivity index is 2.47. The number of piperidine rings is 1. The van der Waals surface area contributed by atoms with E-state index in [4.69, 9.17) is 0 Å². The van der Waals surface area contributed by atoms with Gasteiger partial charge in [-0.2, -0.15) is 0 Å². The van der Waals surface area contributed by atoms with Crippen LogP contribution in [0.1, 0.15) is 19.8 Å². The summed E-state index contributed by atoms with van der Waals surface area (Å²) in [6.45, 7) is 9.02. The van der Waals surface area contributed by atoms with Gasteiger partial charge in [0, 0.05) is 19.6 Å². The number of carbonyl (C=O) groups excluding carboxylic acids is 1. The van der Waals surface area contributed by atoms with E-state index in [9.17, 15) is 4.79 Å². The molecule has 1 rings (SSSR count). The normalized spacial score (nSPS) is 21.6. The first-order valence-corrected chi connectivity index (χ1v) is 5.40. The van der Waals surface area contributed by atoms with E-state index in [1.54, 1.807) is 6.08 Å². The highest BCUT2D eigenvalue weighted by Crippen LogP contribution is 2.13. The van der Waals surface area contributed by atoms with E-state index in [1.807, 2.05) is 11.8 Å². The average Bonchev–Trinajstić information content (AvgIpc) is 2.26. The number of rotatable bonds is 4. The van der Waals surface area contributed by atoms with Crippen molar-refractivity contribution in [2.24, 2.45) is 5.92 Å². The predicted molar refractivity (Wildman–Crippen MR) is 58.0 cm³/mol. The summed E-state index contributed by atoms with van der Waals surface area (Å²) in [5.41, 5.74) is 0. The zero-order valence-electron chi connectivity index (χ0n) is 8.96. The van der Waals surface area contributed by atoms with Crippen LogP contribution in [-0.4, -0.2) is 37.0 Å². The van der Waals surface area contributed by atoms with Gasteiger partial charge < -0.3 is 10.2 Å². The van der Waals surface area contributed by atoms with Crippen molar-refractivity contribution < 1.29 is 4.79 Å². The van der Waals surface area contributed by atoms with Gasteiger partial charge in [-0.3, -0.25) is 4.79 Å². The standard InChI is InChI=1S/C11H20N2O/c1-3-8-13(4-2)11(14)10-6-5-7-12-9-10/h3,10,12H,1,4-9H2,2H3/t10-/m1/s1. The Bertz CT molecular complexity index is 197. The number of nitrogens with one attached hydrogen (secondary N) is 1. The summed E-state index contributed by atoms with van der Waals surface area (Å²) >= 11 is 0. The fourth-order valence-electron chi connectivity index (χ4n) is 1.85. The third-order valence-corrected chi connectivity index (χ3v) is 2.69. The lowest BCUT2D eigenvalue weighted by Crippen LogP contribution is -2.43. The van der Waals surface area contributed by atoms with Crippen LogP contribution in [-0.2, 0) is 4.79 Å². The number of hydrogen-bond acceptors (Lipinski definition) is 2. The van der Waals surface area contributed by atoms with Gasteiger partial charge >= 0.3 is 0 Å². The smallest absolute Gasteiger partial charge is 0.227 e. The highest BCUT2D eigenvalue weighted by molar-refractivity contribution is 5.79. The fourth-order valence-corrected chi connectivity index (χ4v) is 1.85. The molecule has 0 saturated carbocycles. The van der Waals surface area contributed by atoms with Crippen LogP contribution in [0.3, 0.4) is 0 Å². The molecule has 0 spiro atoms. The van der Waals surface area contributed by atoms with Gasteiger partial charge in [-0.1, -0.05) is 6.08 Å². The minimum absolute atomic E-state index is 0.184. The molecule has 0 unspecified atom stereocenters. The first-order chi connectivity index (χ1) is 6.79. The Hall–Kier alpha value is -0.830. The van der Waals surface area contributed by atoms with Crippen LogP contribution in [0, 0.1) is 5.92 Å². The molecule has 1 saturated heterocycles. The molecule has 0 radical (unpaired) electrons. The van der Waals surface area contributed by atoms with Crippen molar-refractivity contribution in [1.82, 2.24) is 10.2 Å². The highest BCUT2D eigenvalue weighted by Gasteiger charge is 2.24. The Kier molecular flexibility index (Phi) is 4.66. The van der Waals surface area contributed by atoms with Crippen LogP contribution >= 0.6 is 0 Å². The largest absolute Gasteiger partial charge is 0.339 e. The molecule has 1 aliphatic rings. The maximum Gasteiger partial charge on any atom is 0.227 e. The number of nitrogens with zero attached hydrogens (tertiary/aromatic N) is 1. The topological polar surface area (TPSA) is 32.3 Å². The zero-order chi connectivity index (χ0) is 10.4. The number of amides is 1. The van der Waals surface area contributed by atoms with E-state index in [1.165, 1.54) is 0 Å². The summed E-state index contributed by atoms with van der Waals surface area (Å²) in [6, 6.07) is 0. The van der Waals surface area contributed by atoms with Gasteiger partial charge in [0.25, 0.3) is 0 Å². The van der Waals surface area contributed by atoms with Crippen molar-refractivity contribution in [2.75, 3.05) is 26.2 Å². The van der Waals surface area contributed by atoms with Crippen LogP contribution < -0.4 is 5.32 Å². The monoisotopic (exact) mass is 196 g/mol. The summed E-state index contributed by atoms with van der Waals surface area (Å²) in [6.07, 6.45) is 3.93. The molecule has 3 heteroatoms. The van der Waals surface area contributed by atoms with E-state index in [-0.39, 0.29) is 11.8 Å². The molecule has 0 aromatic carbocycles. The van der Waals surface area contributed by atoms with Crippen LogP contribution in [0.2, 0.25) is 0 Å². The van der Waals surface area contributed by atoms with Gasteiger partial charge in [-0.15, -0.1) is 6.58 Å². The van der Waals surface area contributed by atoms with Crippen molar-refractivity contribution in [1.29, 1.82) is 0 Å². The summed E-state index contributed by atoms with van der Waals surface area (Å²) in [5, 5.41) is 3.26. The lowest BCUT2D eigenvalue weighted by Gasteiger charge is -2.28. The molecule has 80 valence electrons. The molecule has 0 aliphatic carbocycles. The molecule has 0 bridgehead atoms. The van der Waals surface area contributed by atoms with E-state index in [0.717, 1.165) is 32.5 Å². The maximum absolute atomic E-state index is 12.0. The molecule has 1 heterocycles. The maximum atomic E-state index is 12.0. The summed E-state index contributed by atoms with van der Waals surface area (Å²) < 4.78 is 0. The molecule has 3 nitrogen and oxygen atoms in total. The third-order valence-electron chi connectivity index (χ3n) is 2.69. The van der Waals surface area contributed by atoms with Crippen molar-refractivity contribution in [3.8, 4) is 0 Å². The van der Waals surface area contributed by atoms with Crippen molar-refractivity contribution in [2.45, 2.75) is 19.8 Å². The van der Waals surface area contributed by atoms with Crippen LogP contribution in [0.5, 0.6) is 0 Å². The zero-order valence-corrected chi connectivity index (χ0v) is 8.96. The summed E-state index contributed by atoms with van der Waals surface area (Å²) in [5.74, 6) is 0.461. The number of carbonyl (C=O) groups is 1. The van der Waals surface area contributed by atoms with Gasteiger partial charge in [-0.05, 0) is 26.3 Å². The Morgan fingerprint density at radius 1 is 1.71 bits per heavy atom. The van der Waals surface area contributed by atoms with Crippen molar-refractivity contribution in [3.05, 3.63) is 12.7 Å². The van der Waals surface area contributed by atoms with Crippen LogP contribution in [0.4, 0.5) is 0 Å². The minimum Gasteiger partial charge on any atom is -0.339 e. The van der Waals surface area contributed by atoms with Crippen LogP contribution in [0.15, 0.2) is 12.7 Å². The molecule has 0 aromatic rings. The Morgan fingerprint density at radius 2 is 2.50 bits per heavy atom. The Morgan fingerprint density at radius 3 is 3.00 bits per heavy atom. The second kappa shape index (κ2) is 5.81. The second-order valence-corrected chi connectivity index (χ2v) is 3.71. The molecule has 0 aromatic heterocycles. The lowest BCUT2D eigenvalue weighted by molar-refractivity contribution is -0.135. The first-order valence-electron chi connectivity index (χ1n) is 5.40. The molecule has 1 amide bonds. The molecule has 14 heavy (non-hydrogen) atoms. The number of hydrogen-bond donors (Lipinski definition) is 1. The molecule has 1 aliphatic heterocycles. The predicted octanol–water partition coefficient (Wildman–Crippen LogP) is 1.02. The van der Waals surface area contributed by atoms with Gasteiger partial charge in [0.15, 0.2) is 0 Å². The highest BCUT2D eigenvalue weighted by atomic mass is 16.2. The lowest BCUT2D eigenvalue weighted by atomic mass is 9.98. The average molecular weight is 196 g/mol. The van der Waals surface area contributed by atoms with E-state index in [0.29, 0.717) is 6.54 Å². The Labute approximate surface area is 86.2 Å². The first kappa shape index (κ1) is 11.2. The van der Waals surface area contributed by atoms with Crippen LogP contribution in [0.25, 0.3) is 0 Å². The van der Waals surface area contributed by atoms with Gasteiger partial charge in [0.05, 0.1) is 5.92 Å². The second-order valence-electron chi connectivity index (χ2n) is 3.71. The SMILES string of the molecule is C=CCN(CC)C(=O)[C@@H]1CCCNC1. The molecule has 1 fully saturated rings. The van der Waals surface area contributed by atoms with E-state index >= 15 is 0 Å². The van der Waals surface area contributed by atoms with Crippen molar-refractivity contribution in [3.63, 3.8) is 0 Å². The summed E-state index contributed by atoms with van der Waals surface area (Å²) in [4.78, 5) is 13.8. The number of likely N-dealkylation sites (N-methyl/N-ethyl adjacent to an activating group) is 1.